The summed E-state index contributed by atoms with van der Waals surface area (Å²) in [6.45, 7) is 0.558. The standard InChI is InChI=1S/C21H23N3O/c25-21-20(22-17-11-5-2-6-12-17)23-18-13-7-8-14-19(18)24(21)15-16-9-3-1-4-10-16/h1,3-4,7-10,13-14,17H,2,5-6,11-12,15H2,(H,22,23). The highest BCUT2D eigenvalue weighted by molar-refractivity contribution is 5.76. The molecule has 0 bridgehead atoms. The van der Waals surface area contributed by atoms with Gasteiger partial charge in [-0.15, -0.1) is 0 Å². The number of para-hydroxylation sites is 2. The summed E-state index contributed by atoms with van der Waals surface area (Å²) in [6, 6.07) is 18.3. The Labute approximate surface area is 147 Å². The van der Waals surface area contributed by atoms with E-state index in [9.17, 15) is 4.79 Å². The molecular formula is C21H23N3O. The Morgan fingerprint density at radius 1 is 0.960 bits per heavy atom. The largest absolute Gasteiger partial charge is 0.363 e. The average molecular weight is 333 g/mol. The predicted octanol–water partition coefficient (Wildman–Crippen LogP) is 4.19. The number of benzene rings is 2. The lowest BCUT2D eigenvalue weighted by molar-refractivity contribution is 0.461. The van der Waals surface area contributed by atoms with Gasteiger partial charge in [0.05, 0.1) is 17.6 Å². The van der Waals surface area contributed by atoms with Gasteiger partial charge in [-0.25, -0.2) is 4.98 Å². The van der Waals surface area contributed by atoms with Crippen molar-refractivity contribution in [3.8, 4) is 0 Å². The summed E-state index contributed by atoms with van der Waals surface area (Å²) in [5.41, 5.74) is 2.82. The zero-order valence-electron chi connectivity index (χ0n) is 14.3. The predicted molar refractivity (Wildman–Crippen MR) is 102 cm³/mol. The van der Waals surface area contributed by atoms with Gasteiger partial charge in [-0.05, 0) is 30.5 Å². The molecule has 0 unspecified atom stereocenters. The van der Waals surface area contributed by atoms with Crippen LogP contribution in [-0.2, 0) is 6.54 Å². The molecule has 0 saturated heterocycles. The molecule has 0 atom stereocenters. The van der Waals surface area contributed by atoms with Gasteiger partial charge in [0.1, 0.15) is 0 Å². The van der Waals surface area contributed by atoms with Gasteiger partial charge in [0.25, 0.3) is 5.56 Å². The van der Waals surface area contributed by atoms with E-state index in [0.29, 0.717) is 18.4 Å². The maximum absolute atomic E-state index is 13.1. The Kier molecular flexibility index (Phi) is 4.51. The highest BCUT2D eigenvalue weighted by atomic mass is 16.1. The molecule has 4 heteroatoms. The van der Waals surface area contributed by atoms with Crippen molar-refractivity contribution in [2.24, 2.45) is 0 Å². The van der Waals surface area contributed by atoms with Crippen molar-refractivity contribution in [1.82, 2.24) is 9.55 Å². The van der Waals surface area contributed by atoms with Crippen molar-refractivity contribution in [3.05, 3.63) is 70.5 Å². The van der Waals surface area contributed by atoms with Gasteiger partial charge in [-0.2, -0.15) is 0 Å². The van der Waals surface area contributed by atoms with Crippen LogP contribution in [0.1, 0.15) is 37.7 Å². The topological polar surface area (TPSA) is 46.9 Å². The van der Waals surface area contributed by atoms with Crippen molar-refractivity contribution in [2.45, 2.75) is 44.7 Å². The van der Waals surface area contributed by atoms with E-state index < -0.39 is 0 Å². The molecule has 0 aliphatic heterocycles. The Balaban J connectivity index is 1.76. The monoisotopic (exact) mass is 333 g/mol. The molecule has 0 amide bonds. The second-order valence-corrected chi connectivity index (χ2v) is 6.81. The van der Waals surface area contributed by atoms with Crippen molar-refractivity contribution in [1.29, 1.82) is 0 Å². The van der Waals surface area contributed by atoms with Crippen LogP contribution < -0.4 is 10.9 Å². The van der Waals surface area contributed by atoms with E-state index in [4.69, 9.17) is 0 Å². The molecule has 1 N–H and O–H groups in total. The Morgan fingerprint density at radius 2 is 1.68 bits per heavy atom. The number of nitrogens with one attached hydrogen (secondary N) is 1. The molecule has 0 spiro atoms. The van der Waals surface area contributed by atoms with Crippen LogP contribution in [0.5, 0.6) is 0 Å². The van der Waals surface area contributed by atoms with Gasteiger partial charge in [0.15, 0.2) is 5.82 Å². The second kappa shape index (κ2) is 7.09. The first-order chi connectivity index (χ1) is 12.3. The number of hydrogen-bond donors (Lipinski definition) is 1. The van der Waals surface area contributed by atoms with Crippen LogP contribution >= 0.6 is 0 Å². The lowest BCUT2D eigenvalue weighted by atomic mass is 9.95. The fourth-order valence-corrected chi connectivity index (χ4v) is 3.65. The van der Waals surface area contributed by atoms with E-state index in [-0.39, 0.29) is 5.56 Å². The van der Waals surface area contributed by atoms with Crippen LogP contribution in [0.2, 0.25) is 0 Å². The zero-order valence-corrected chi connectivity index (χ0v) is 14.3. The summed E-state index contributed by atoms with van der Waals surface area (Å²) >= 11 is 0. The molecule has 1 heterocycles. The molecule has 4 rings (SSSR count). The van der Waals surface area contributed by atoms with Crippen LogP contribution in [0.3, 0.4) is 0 Å². The number of anilines is 1. The molecule has 1 aromatic heterocycles. The quantitative estimate of drug-likeness (QED) is 0.779. The van der Waals surface area contributed by atoms with Crippen LogP contribution in [-0.4, -0.2) is 15.6 Å². The van der Waals surface area contributed by atoms with E-state index in [2.05, 4.69) is 22.4 Å². The first-order valence-electron chi connectivity index (χ1n) is 9.11. The molecule has 1 aliphatic rings. The number of nitrogens with zero attached hydrogens (tertiary/aromatic N) is 2. The van der Waals surface area contributed by atoms with Gasteiger partial charge < -0.3 is 5.32 Å². The Morgan fingerprint density at radius 3 is 2.48 bits per heavy atom. The maximum atomic E-state index is 13.1. The number of hydrogen-bond acceptors (Lipinski definition) is 3. The lowest BCUT2D eigenvalue weighted by Gasteiger charge is -2.23. The highest BCUT2D eigenvalue weighted by Gasteiger charge is 2.17. The normalized spacial score (nSPS) is 15.4. The molecular weight excluding hydrogens is 310 g/mol. The van der Waals surface area contributed by atoms with Gasteiger partial charge in [-0.3, -0.25) is 9.36 Å². The molecule has 1 fully saturated rings. The highest BCUT2D eigenvalue weighted by Crippen LogP contribution is 2.21. The molecule has 128 valence electrons. The third kappa shape index (κ3) is 3.43. The smallest absolute Gasteiger partial charge is 0.294 e. The number of fused-ring (bicyclic) bond motifs is 1. The average Bonchev–Trinajstić information content (AvgIpc) is 2.67. The minimum Gasteiger partial charge on any atom is -0.363 e. The van der Waals surface area contributed by atoms with E-state index in [1.807, 2.05) is 47.0 Å². The van der Waals surface area contributed by atoms with Crippen molar-refractivity contribution >= 4 is 16.9 Å². The summed E-state index contributed by atoms with van der Waals surface area (Å²) in [5, 5.41) is 3.42. The van der Waals surface area contributed by atoms with E-state index in [0.717, 1.165) is 29.4 Å². The molecule has 1 aliphatic carbocycles. The van der Waals surface area contributed by atoms with E-state index in [1.54, 1.807) is 0 Å². The Hall–Kier alpha value is -2.62. The van der Waals surface area contributed by atoms with Crippen LogP contribution in [0, 0.1) is 0 Å². The SMILES string of the molecule is O=c1c(NC2CCCCC2)nc2ccccc2n1Cc1ccccc1. The molecule has 3 aromatic rings. The van der Waals surface area contributed by atoms with E-state index >= 15 is 0 Å². The number of aromatic nitrogens is 2. The van der Waals surface area contributed by atoms with Crippen molar-refractivity contribution in [3.63, 3.8) is 0 Å². The lowest BCUT2D eigenvalue weighted by Crippen LogP contribution is -2.31. The van der Waals surface area contributed by atoms with Gasteiger partial charge in [0.2, 0.25) is 0 Å². The van der Waals surface area contributed by atoms with Crippen LogP contribution in [0.15, 0.2) is 59.4 Å². The first-order valence-corrected chi connectivity index (χ1v) is 9.11. The maximum Gasteiger partial charge on any atom is 0.294 e. The summed E-state index contributed by atoms with van der Waals surface area (Å²) in [7, 11) is 0. The second-order valence-electron chi connectivity index (χ2n) is 6.81. The zero-order chi connectivity index (χ0) is 17.1. The van der Waals surface area contributed by atoms with Gasteiger partial charge in [0, 0.05) is 6.04 Å². The summed E-state index contributed by atoms with van der Waals surface area (Å²) in [6.07, 6.45) is 5.98. The molecule has 25 heavy (non-hydrogen) atoms. The summed E-state index contributed by atoms with van der Waals surface area (Å²) in [5.74, 6) is 0.488. The first kappa shape index (κ1) is 15.9. The third-order valence-corrected chi connectivity index (χ3v) is 4.98. The van der Waals surface area contributed by atoms with Gasteiger partial charge >= 0.3 is 0 Å². The Bertz CT molecular complexity index is 911. The van der Waals surface area contributed by atoms with Crippen LogP contribution in [0.25, 0.3) is 11.0 Å². The number of rotatable bonds is 4. The van der Waals surface area contributed by atoms with Gasteiger partial charge in [-0.1, -0.05) is 61.7 Å². The minimum atomic E-state index is -0.0341. The molecule has 0 radical (unpaired) electrons. The van der Waals surface area contributed by atoms with Crippen molar-refractivity contribution in [2.75, 3.05) is 5.32 Å². The molecule has 4 nitrogen and oxygen atoms in total. The van der Waals surface area contributed by atoms with Crippen LogP contribution in [0.4, 0.5) is 5.82 Å². The van der Waals surface area contributed by atoms with Crippen molar-refractivity contribution < 1.29 is 0 Å². The van der Waals surface area contributed by atoms with E-state index in [1.165, 1.54) is 19.3 Å². The fraction of sp³-hybridized carbons (Fsp3) is 0.333. The minimum absolute atomic E-state index is 0.0341. The molecule has 1 saturated carbocycles. The third-order valence-electron chi connectivity index (χ3n) is 4.98. The molecule has 2 aromatic carbocycles. The fourth-order valence-electron chi connectivity index (χ4n) is 3.65. The summed E-state index contributed by atoms with van der Waals surface area (Å²) < 4.78 is 1.84. The summed E-state index contributed by atoms with van der Waals surface area (Å²) in [4.78, 5) is 17.7.